The molecule has 1 amide bonds. The molecule has 0 saturated heterocycles. The first-order chi connectivity index (χ1) is 11.1. The van der Waals surface area contributed by atoms with Gasteiger partial charge in [0, 0.05) is 18.2 Å². The van der Waals surface area contributed by atoms with Gasteiger partial charge in [0.2, 0.25) is 5.91 Å². The van der Waals surface area contributed by atoms with Gasteiger partial charge in [-0.2, -0.15) is 0 Å². The first-order valence-corrected chi connectivity index (χ1v) is 7.19. The van der Waals surface area contributed by atoms with E-state index in [2.05, 4.69) is 10.3 Å². The van der Waals surface area contributed by atoms with Crippen LogP contribution in [0.25, 0.3) is 16.9 Å². The summed E-state index contributed by atoms with van der Waals surface area (Å²) >= 11 is 0. The van der Waals surface area contributed by atoms with Crippen LogP contribution in [-0.4, -0.2) is 26.4 Å². The number of carbonyl (C=O) groups is 2. The molecular weight excluding hydrogens is 294 g/mol. The van der Waals surface area contributed by atoms with E-state index in [4.69, 9.17) is 5.11 Å². The van der Waals surface area contributed by atoms with E-state index in [1.807, 2.05) is 54.7 Å². The Hall–Kier alpha value is -3.15. The van der Waals surface area contributed by atoms with E-state index in [9.17, 15) is 9.59 Å². The molecule has 3 aromatic rings. The Morgan fingerprint density at radius 3 is 2.52 bits per heavy atom. The summed E-state index contributed by atoms with van der Waals surface area (Å²) in [6.07, 6.45) is 1.52. The topological polar surface area (TPSA) is 83.7 Å². The number of aliphatic carboxylic acids is 1. The van der Waals surface area contributed by atoms with Crippen molar-refractivity contribution >= 4 is 23.3 Å². The minimum absolute atomic E-state index is 0.0797. The molecule has 6 nitrogen and oxygen atoms in total. The molecule has 6 heteroatoms. The molecule has 0 saturated carbocycles. The number of hydrogen-bond acceptors (Lipinski definition) is 3. The molecule has 0 aliphatic heterocycles. The maximum absolute atomic E-state index is 12.0. The van der Waals surface area contributed by atoms with Crippen LogP contribution >= 0.6 is 0 Å². The third kappa shape index (κ3) is 3.21. The number of carbonyl (C=O) groups excluding carboxylic acids is 1. The third-order valence-corrected chi connectivity index (χ3v) is 3.40. The van der Waals surface area contributed by atoms with Crippen LogP contribution in [0.3, 0.4) is 0 Å². The van der Waals surface area contributed by atoms with Crippen LogP contribution in [0.15, 0.2) is 54.7 Å². The van der Waals surface area contributed by atoms with E-state index in [1.165, 1.54) is 0 Å². The van der Waals surface area contributed by atoms with Gasteiger partial charge in [-0.15, -0.1) is 0 Å². The molecule has 116 valence electrons. The lowest BCUT2D eigenvalue weighted by atomic mass is 10.1. The zero-order chi connectivity index (χ0) is 16.2. The number of hydrogen-bond donors (Lipinski definition) is 2. The molecule has 2 N–H and O–H groups in total. The monoisotopic (exact) mass is 309 g/mol. The van der Waals surface area contributed by atoms with Gasteiger partial charge in [0.15, 0.2) is 0 Å². The van der Waals surface area contributed by atoms with Gasteiger partial charge in [0.25, 0.3) is 0 Å². The van der Waals surface area contributed by atoms with Crippen LogP contribution in [0.4, 0.5) is 5.82 Å². The Labute approximate surface area is 132 Å². The standard InChI is InChI=1S/C17H15N3O3/c21-14(9-10-15(22)23)19-17-16(12-6-2-1-3-7-12)18-13-8-4-5-11-20(13)17/h1-8,11H,9-10H2,(H,19,21)(H,22,23). The molecular formula is C17H15N3O3. The SMILES string of the molecule is O=C(O)CCC(=O)Nc1c(-c2ccccc2)nc2ccccn12. The average Bonchev–Trinajstić information content (AvgIpc) is 2.92. The van der Waals surface area contributed by atoms with Crippen molar-refractivity contribution in [1.29, 1.82) is 0 Å². The second-order valence-electron chi connectivity index (χ2n) is 5.05. The van der Waals surface area contributed by atoms with Crippen molar-refractivity contribution in [2.45, 2.75) is 12.8 Å². The molecule has 2 heterocycles. The molecule has 0 unspecified atom stereocenters. The fraction of sp³-hybridized carbons (Fsp3) is 0.118. The average molecular weight is 309 g/mol. The minimum atomic E-state index is -0.999. The zero-order valence-electron chi connectivity index (χ0n) is 12.3. The van der Waals surface area contributed by atoms with Crippen LogP contribution < -0.4 is 5.32 Å². The number of nitrogens with one attached hydrogen (secondary N) is 1. The molecule has 23 heavy (non-hydrogen) atoms. The van der Waals surface area contributed by atoms with E-state index in [1.54, 1.807) is 4.40 Å². The fourth-order valence-corrected chi connectivity index (χ4v) is 2.33. The van der Waals surface area contributed by atoms with Gasteiger partial charge in [-0.25, -0.2) is 4.98 Å². The quantitative estimate of drug-likeness (QED) is 0.759. The van der Waals surface area contributed by atoms with Crippen LogP contribution in [0, 0.1) is 0 Å². The van der Waals surface area contributed by atoms with E-state index in [-0.39, 0.29) is 18.7 Å². The number of carboxylic acids is 1. The lowest BCUT2D eigenvalue weighted by Gasteiger charge is -2.07. The van der Waals surface area contributed by atoms with Gasteiger partial charge in [0.1, 0.15) is 17.2 Å². The fourth-order valence-electron chi connectivity index (χ4n) is 2.33. The van der Waals surface area contributed by atoms with Gasteiger partial charge in [0.05, 0.1) is 6.42 Å². The Balaban J connectivity index is 2.00. The van der Waals surface area contributed by atoms with Gasteiger partial charge in [-0.3, -0.25) is 14.0 Å². The largest absolute Gasteiger partial charge is 0.481 e. The molecule has 0 radical (unpaired) electrons. The molecule has 3 rings (SSSR count). The second-order valence-corrected chi connectivity index (χ2v) is 5.05. The van der Waals surface area contributed by atoms with Crippen LogP contribution in [0.2, 0.25) is 0 Å². The molecule has 0 atom stereocenters. The van der Waals surface area contributed by atoms with Gasteiger partial charge < -0.3 is 10.4 Å². The normalized spacial score (nSPS) is 10.6. The first-order valence-electron chi connectivity index (χ1n) is 7.19. The predicted molar refractivity (Wildman–Crippen MR) is 86.1 cm³/mol. The number of rotatable bonds is 5. The number of fused-ring (bicyclic) bond motifs is 1. The maximum Gasteiger partial charge on any atom is 0.303 e. The molecule has 2 aromatic heterocycles. The van der Waals surface area contributed by atoms with E-state index < -0.39 is 5.97 Å². The van der Waals surface area contributed by atoms with Crippen molar-refractivity contribution < 1.29 is 14.7 Å². The van der Waals surface area contributed by atoms with Crippen molar-refractivity contribution in [3.63, 3.8) is 0 Å². The minimum Gasteiger partial charge on any atom is -0.481 e. The number of amides is 1. The van der Waals surface area contributed by atoms with Gasteiger partial charge in [-0.05, 0) is 12.1 Å². The summed E-state index contributed by atoms with van der Waals surface area (Å²) in [4.78, 5) is 27.2. The number of aromatic nitrogens is 2. The van der Waals surface area contributed by atoms with Crippen molar-refractivity contribution in [1.82, 2.24) is 9.38 Å². The number of benzene rings is 1. The molecule has 0 aliphatic rings. The molecule has 0 fully saturated rings. The highest BCUT2D eigenvalue weighted by atomic mass is 16.4. The van der Waals surface area contributed by atoms with Gasteiger partial charge >= 0.3 is 5.97 Å². The first kappa shape index (κ1) is 14.8. The smallest absolute Gasteiger partial charge is 0.303 e. The zero-order valence-corrected chi connectivity index (χ0v) is 12.3. The second kappa shape index (κ2) is 6.31. The summed E-state index contributed by atoms with van der Waals surface area (Å²) in [5, 5.41) is 11.5. The Bertz CT molecular complexity index is 856. The summed E-state index contributed by atoms with van der Waals surface area (Å²) in [5.41, 5.74) is 2.24. The summed E-state index contributed by atoms with van der Waals surface area (Å²) in [7, 11) is 0. The molecule has 0 bridgehead atoms. The lowest BCUT2D eigenvalue weighted by Crippen LogP contribution is -2.15. The Morgan fingerprint density at radius 1 is 1.04 bits per heavy atom. The summed E-state index contributed by atoms with van der Waals surface area (Å²) in [6, 6.07) is 15.1. The van der Waals surface area contributed by atoms with E-state index >= 15 is 0 Å². The molecule has 0 aliphatic carbocycles. The third-order valence-electron chi connectivity index (χ3n) is 3.40. The van der Waals surface area contributed by atoms with Crippen molar-refractivity contribution in [3.05, 3.63) is 54.7 Å². The number of anilines is 1. The summed E-state index contributed by atoms with van der Waals surface area (Å²) in [6.45, 7) is 0. The van der Waals surface area contributed by atoms with Crippen molar-refractivity contribution in [3.8, 4) is 11.3 Å². The number of imidazole rings is 1. The highest BCUT2D eigenvalue weighted by Crippen LogP contribution is 2.28. The number of nitrogens with zero attached hydrogens (tertiary/aromatic N) is 2. The van der Waals surface area contributed by atoms with Crippen LogP contribution in [-0.2, 0) is 9.59 Å². The van der Waals surface area contributed by atoms with E-state index in [0.29, 0.717) is 17.2 Å². The van der Waals surface area contributed by atoms with Crippen molar-refractivity contribution in [2.24, 2.45) is 0 Å². The van der Waals surface area contributed by atoms with E-state index in [0.717, 1.165) is 5.56 Å². The molecule has 1 aromatic carbocycles. The summed E-state index contributed by atoms with van der Waals surface area (Å²) in [5.74, 6) is -0.806. The Kier molecular flexibility index (Phi) is 4.05. The maximum atomic E-state index is 12.0. The van der Waals surface area contributed by atoms with Crippen LogP contribution in [0.1, 0.15) is 12.8 Å². The lowest BCUT2D eigenvalue weighted by molar-refractivity contribution is -0.138. The predicted octanol–water partition coefficient (Wildman–Crippen LogP) is 2.80. The number of carboxylic acid groups (broad SMARTS) is 1. The highest BCUT2D eigenvalue weighted by molar-refractivity contribution is 5.95. The number of pyridine rings is 1. The summed E-state index contributed by atoms with van der Waals surface area (Å²) < 4.78 is 1.78. The van der Waals surface area contributed by atoms with Gasteiger partial charge in [-0.1, -0.05) is 36.4 Å². The highest BCUT2D eigenvalue weighted by Gasteiger charge is 2.16. The van der Waals surface area contributed by atoms with Crippen molar-refractivity contribution in [2.75, 3.05) is 5.32 Å². The molecule has 0 spiro atoms. The Morgan fingerprint density at radius 2 is 1.78 bits per heavy atom. The van der Waals surface area contributed by atoms with Crippen LogP contribution in [0.5, 0.6) is 0 Å².